The molecular formula is C15H21N3O2. The smallest absolute Gasteiger partial charge is 0.0659 e. The molecule has 1 aromatic rings. The second-order valence-electron chi connectivity index (χ2n) is 5.00. The van der Waals surface area contributed by atoms with Gasteiger partial charge in [-0.3, -0.25) is 5.01 Å². The van der Waals surface area contributed by atoms with Gasteiger partial charge in [0.25, 0.3) is 0 Å². The van der Waals surface area contributed by atoms with Crippen molar-refractivity contribution in [1.29, 1.82) is 0 Å². The molecule has 2 saturated heterocycles. The summed E-state index contributed by atoms with van der Waals surface area (Å²) in [5.74, 6) is 0. The number of hydrogen-bond acceptors (Lipinski definition) is 5. The highest BCUT2D eigenvalue weighted by Crippen LogP contribution is 2.16. The first-order valence-corrected chi connectivity index (χ1v) is 7.21. The standard InChI is InChI=1S/C15H21N3O2/c1-3-15(17-5-9-19-10-6-17)4-2-14(1)13-16-18-7-11-20-12-8-18/h1-4,13H,5-12H2. The van der Waals surface area contributed by atoms with Crippen LogP contribution in [0.3, 0.4) is 0 Å². The van der Waals surface area contributed by atoms with Crippen molar-refractivity contribution in [2.24, 2.45) is 5.10 Å². The van der Waals surface area contributed by atoms with Crippen LogP contribution in [0.4, 0.5) is 5.69 Å². The molecule has 0 atom stereocenters. The third-order valence-corrected chi connectivity index (χ3v) is 3.63. The Hall–Kier alpha value is -1.59. The Morgan fingerprint density at radius 2 is 1.45 bits per heavy atom. The van der Waals surface area contributed by atoms with E-state index in [1.165, 1.54) is 5.69 Å². The minimum absolute atomic E-state index is 0.771. The average molecular weight is 275 g/mol. The van der Waals surface area contributed by atoms with Crippen LogP contribution in [0.15, 0.2) is 29.4 Å². The fourth-order valence-electron chi connectivity index (χ4n) is 2.41. The van der Waals surface area contributed by atoms with Crippen LogP contribution in [0.25, 0.3) is 0 Å². The summed E-state index contributed by atoms with van der Waals surface area (Å²) >= 11 is 0. The number of anilines is 1. The summed E-state index contributed by atoms with van der Waals surface area (Å²) in [5, 5.41) is 6.55. The maximum absolute atomic E-state index is 5.37. The van der Waals surface area contributed by atoms with Crippen LogP contribution in [-0.4, -0.2) is 63.8 Å². The molecule has 0 saturated carbocycles. The number of nitrogens with zero attached hydrogens (tertiary/aromatic N) is 3. The molecule has 5 heteroatoms. The fourth-order valence-corrected chi connectivity index (χ4v) is 2.41. The SMILES string of the molecule is C(=NN1CCOCC1)c1ccc(N2CCOCC2)cc1. The largest absolute Gasteiger partial charge is 0.378 e. The Balaban J connectivity index is 1.59. The number of benzene rings is 1. The predicted molar refractivity (Wildman–Crippen MR) is 79.5 cm³/mol. The van der Waals surface area contributed by atoms with Gasteiger partial charge in [0.05, 0.1) is 45.7 Å². The molecule has 2 aliphatic heterocycles. The zero-order chi connectivity index (χ0) is 13.6. The lowest BCUT2D eigenvalue weighted by atomic mass is 10.2. The van der Waals surface area contributed by atoms with Crippen LogP contribution in [-0.2, 0) is 9.47 Å². The third kappa shape index (κ3) is 3.49. The van der Waals surface area contributed by atoms with Crippen LogP contribution in [0, 0.1) is 0 Å². The van der Waals surface area contributed by atoms with Crippen molar-refractivity contribution in [3.63, 3.8) is 0 Å². The summed E-state index contributed by atoms with van der Waals surface area (Å²) in [5.41, 5.74) is 2.39. The first-order valence-electron chi connectivity index (χ1n) is 7.21. The minimum Gasteiger partial charge on any atom is -0.378 e. The van der Waals surface area contributed by atoms with E-state index >= 15 is 0 Å². The zero-order valence-electron chi connectivity index (χ0n) is 11.7. The van der Waals surface area contributed by atoms with Gasteiger partial charge in [-0.25, -0.2) is 0 Å². The number of ether oxygens (including phenoxy) is 2. The summed E-state index contributed by atoms with van der Waals surface area (Å²) in [6.07, 6.45) is 1.93. The van der Waals surface area contributed by atoms with Crippen molar-refractivity contribution in [2.45, 2.75) is 0 Å². The Morgan fingerprint density at radius 1 is 0.850 bits per heavy atom. The lowest BCUT2D eigenvalue weighted by molar-refractivity contribution is 0.0397. The Morgan fingerprint density at radius 3 is 2.10 bits per heavy atom. The van der Waals surface area contributed by atoms with E-state index in [0.29, 0.717) is 0 Å². The molecule has 2 aliphatic rings. The fraction of sp³-hybridized carbons (Fsp3) is 0.533. The van der Waals surface area contributed by atoms with Crippen LogP contribution < -0.4 is 4.90 Å². The molecule has 0 radical (unpaired) electrons. The maximum atomic E-state index is 5.37. The highest BCUT2D eigenvalue weighted by atomic mass is 16.5. The van der Waals surface area contributed by atoms with E-state index in [1.54, 1.807) is 0 Å². The monoisotopic (exact) mass is 275 g/mol. The van der Waals surface area contributed by atoms with E-state index in [4.69, 9.17) is 9.47 Å². The van der Waals surface area contributed by atoms with Crippen LogP contribution in [0.5, 0.6) is 0 Å². The molecule has 5 nitrogen and oxygen atoms in total. The summed E-state index contributed by atoms with van der Waals surface area (Å²) < 4.78 is 10.7. The summed E-state index contributed by atoms with van der Waals surface area (Å²) in [6.45, 7) is 6.88. The molecule has 0 bridgehead atoms. The van der Waals surface area contributed by atoms with Gasteiger partial charge >= 0.3 is 0 Å². The second kappa shape index (κ2) is 6.72. The van der Waals surface area contributed by atoms with Crippen molar-refractivity contribution in [2.75, 3.05) is 57.5 Å². The molecular weight excluding hydrogens is 254 g/mol. The van der Waals surface area contributed by atoms with Crippen molar-refractivity contribution >= 4 is 11.9 Å². The van der Waals surface area contributed by atoms with Gasteiger partial charge < -0.3 is 14.4 Å². The highest BCUT2D eigenvalue weighted by molar-refractivity contribution is 5.80. The van der Waals surface area contributed by atoms with Gasteiger partial charge in [-0.2, -0.15) is 5.10 Å². The van der Waals surface area contributed by atoms with Gasteiger partial charge in [-0.1, -0.05) is 12.1 Å². The van der Waals surface area contributed by atoms with Crippen LogP contribution in [0.1, 0.15) is 5.56 Å². The molecule has 2 fully saturated rings. The molecule has 108 valence electrons. The van der Waals surface area contributed by atoms with E-state index in [1.807, 2.05) is 6.21 Å². The first-order chi connectivity index (χ1) is 9.92. The number of rotatable bonds is 3. The molecule has 0 aliphatic carbocycles. The number of hydrazone groups is 1. The van der Waals surface area contributed by atoms with Crippen molar-refractivity contribution in [3.05, 3.63) is 29.8 Å². The first kappa shape index (κ1) is 13.4. The van der Waals surface area contributed by atoms with Gasteiger partial charge in [0.2, 0.25) is 0 Å². The van der Waals surface area contributed by atoms with E-state index in [-0.39, 0.29) is 0 Å². The average Bonchev–Trinajstić information content (AvgIpc) is 2.55. The highest BCUT2D eigenvalue weighted by Gasteiger charge is 2.10. The van der Waals surface area contributed by atoms with Crippen LogP contribution >= 0.6 is 0 Å². The van der Waals surface area contributed by atoms with Crippen molar-refractivity contribution < 1.29 is 9.47 Å². The molecule has 0 amide bonds. The molecule has 2 heterocycles. The van der Waals surface area contributed by atoms with Gasteiger partial charge in [-0.05, 0) is 17.7 Å². The topological polar surface area (TPSA) is 37.3 Å². The van der Waals surface area contributed by atoms with Gasteiger partial charge in [0.1, 0.15) is 0 Å². The third-order valence-electron chi connectivity index (χ3n) is 3.63. The summed E-state index contributed by atoms with van der Waals surface area (Å²) in [6, 6.07) is 8.56. The molecule has 20 heavy (non-hydrogen) atoms. The van der Waals surface area contributed by atoms with E-state index in [2.05, 4.69) is 39.3 Å². The normalized spacial score (nSPS) is 20.6. The second-order valence-corrected chi connectivity index (χ2v) is 5.00. The number of hydrogen-bond donors (Lipinski definition) is 0. The Bertz CT molecular complexity index is 435. The predicted octanol–water partition coefficient (Wildman–Crippen LogP) is 1.19. The lowest BCUT2D eigenvalue weighted by Gasteiger charge is -2.28. The van der Waals surface area contributed by atoms with E-state index < -0.39 is 0 Å². The van der Waals surface area contributed by atoms with Crippen LogP contribution in [0.2, 0.25) is 0 Å². The summed E-state index contributed by atoms with van der Waals surface area (Å²) in [4.78, 5) is 2.35. The van der Waals surface area contributed by atoms with E-state index in [0.717, 1.165) is 58.2 Å². The molecule has 0 spiro atoms. The van der Waals surface area contributed by atoms with Gasteiger partial charge in [0, 0.05) is 18.8 Å². The maximum Gasteiger partial charge on any atom is 0.0659 e. The molecule has 0 unspecified atom stereocenters. The zero-order valence-corrected chi connectivity index (χ0v) is 11.7. The molecule has 0 aromatic heterocycles. The molecule has 3 rings (SSSR count). The Kier molecular flexibility index (Phi) is 4.50. The Labute approximate surface area is 119 Å². The number of morpholine rings is 2. The van der Waals surface area contributed by atoms with Gasteiger partial charge in [0.15, 0.2) is 0 Å². The van der Waals surface area contributed by atoms with Crippen molar-refractivity contribution in [1.82, 2.24) is 5.01 Å². The van der Waals surface area contributed by atoms with Gasteiger partial charge in [-0.15, -0.1) is 0 Å². The summed E-state index contributed by atoms with van der Waals surface area (Å²) in [7, 11) is 0. The molecule has 1 aromatic carbocycles. The lowest BCUT2D eigenvalue weighted by Crippen LogP contribution is -2.36. The van der Waals surface area contributed by atoms with E-state index in [9.17, 15) is 0 Å². The van der Waals surface area contributed by atoms with Crippen molar-refractivity contribution in [3.8, 4) is 0 Å². The molecule has 0 N–H and O–H groups in total. The minimum atomic E-state index is 0.771. The quantitative estimate of drug-likeness (QED) is 0.777.